The fourth-order valence-electron chi connectivity index (χ4n) is 3.95. The minimum absolute atomic E-state index is 0.178. The molecule has 3 heterocycles. The van der Waals surface area contributed by atoms with Crippen molar-refractivity contribution in [2.24, 2.45) is 0 Å². The number of hydrogen-bond donors (Lipinski definition) is 2. The monoisotopic (exact) mass is 271 g/mol. The summed E-state index contributed by atoms with van der Waals surface area (Å²) >= 11 is 0. The summed E-state index contributed by atoms with van der Waals surface area (Å²) in [4.78, 5) is 14.4. The van der Waals surface area contributed by atoms with Gasteiger partial charge in [0.1, 0.15) is 0 Å². The van der Waals surface area contributed by atoms with E-state index in [0.717, 1.165) is 19.5 Å². The summed E-state index contributed by atoms with van der Waals surface area (Å²) in [5.74, 6) is 0.178. The molecule has 0 saturated carbocycles. The van der Waals surface area contributed by atoms with Crippen LogP contribution in [0, 0.1) is 0 Å². The van der Waals surface area contributed by atoms with Crippen LogP contribution in [0.5, 0.6) is 0 Å². The fraction of sp³-hybridized carbons (Fsp3) is 0.562. The molecule has 1 amide bonds. The Morgan fingerprint density at radius 1 is 1.25 bits per heavy atom. The van der Waals surface area contributed by atoms with E-state index in [2.05, 4.69) is 39.8 Å². The van der Waals surface area contributed by atoms with Crippen molar-refractivity contribution in [3.05, 3.63) is 35.4 Å². The van der Waals surface area contributed by atoms with Crippen molar-refractivity contribution in [1.29, 1.82) is 0 Å². The van der Waals surface area contributed by atoms with Gasteiger partial charge in [0.05, 0.1) is 6.54 Å². The molecule has 20 heavy (non-hydrogen) atoms. The Labute approximate surface area is 119 Å². The summed E-state index contributed by atoms with van der Waals surface area (Å²) in [7, 11) is 0. The second-order valence-electron chi connectivity index (χ2n) is 6.37. The maximum Gasteiger partial charge on any atom is 0.234 e. The third-order valence-electron chi connectivity index (χ3n) is 4.92. The highest BCUT2D eigenvalue weighted by Crippen LogP contribution is 2.28. The Kier molecular flexibility index (Phi) is 3.00. The zero-order valence-electron chi connectivity index (χ0n) is 11.6. The van der Waals surface area contributed by atoms with Gasteiger partial charge >= 0.3 is 0 Å². The number of amides is 1. The molecule has 2 bridgehead atoms. The van der Waals surface area contributed by atoms with Crippen molar-refractivity contribution in [3.63, 3.8) is 0 Å². The minimum atomic E-state index is 0.178. The topological polar surface area (TPSA) is 44.4 Å². The first-order valence-corrected chi connectivity index (χ1v) is 7.62. The Morgan fingerprint density at radius 3 is 2.60 bits per heavy atom. The lowest BCUT2D eigenvalue weighted by Crippen LogP contribution is -2.46. The smallest absolute Gasteiger partial charge is 0.234 e. The summed E-state index contributed by atoms with van der Waals surface area (Å²) in [6, 6.07) is 9.97. The van der Waals surface area contributed by atoms with Gasteiger partial charge in [-0.05, 0) is 30.4 Å². The van der Waals surface area contributed by atoms with Gasteiger partial charge in [-0.3, -0.25) is 9.69 Å². The molecule has 4 rings (SSSR count). The molecular formula is C16H21N3O. The highest BCUT2D eigenvalue weighted by molar-refractivity contribution is 5.78. The zero-order valence-corrected chi connectivity index (χ0v) is 11.6. The van der Waals surface area contributed by atoms with Crippen LogP contribution in [-0.4, -0.2) is 35.5 Å². The molecule has 3 aliphatic heterocycles. The molecule has 2 saturated heterocycles. The molecule has 4 nitrogen and oxygen atoms in total. The Morgan fingerprint density at radius 2 is 2.00 bits per heavy atom. The lowest BCUT2D eigenvalue weighted by molar-refractivity contribution is -0.123. The van der Waals surface area contributed by atoms with Crippen LogP contribution in [0.2, 0.25) is 0 Å². The minimum Gasteiger partial charge on any atom is -0.351 e. The number of nitrogens with one attached hydrogen (secondary N) is 2. The molecule has 3 aliphatic rings. The van der Waals surface area contributed by atoms with Crippen molar-refractivity contribution >= 4 is 5.91 Å². The maximum atomic E-state index is 12.2. The molecule has 0 aliphatic carbocycles. The molecule has 4 heteroatoms. The van der Waals surface area contributed by atoms with Crippen LogP contribution in [-0.2, 0) is 17.9 Å². The Hall–Kier alpha value is -1.39. The van der Waals surface area contributed by atoms with E-state index in [1.165, 1.54) is 24.0 Å². The molecule has 2 fully saturated rings. The number of benzene rings is 1. The second kappa shape index (κ2) is 4.86. The first-order chi connectivity index (χ1) is 9.78. The average Bonchev–Trinajstić information content (AvgIpc) is 3.11. The summed E-state index contributed by atoms with van der Waals surface area (Å²) < 4.78 is 0. The Bertz CT molecular complexity index is 505. The third-order valence-corrected chi connectivity index (χ3v) is 4.92. The van der Waals surface area contributed by atoms with E-state index in [1.54, 1.807) is 0 Å². The van der Waals surface area contributed by atoms with E-state index in [0.29, 0.717) is 24.7 Å². The van der Waals surface area contributed by atoms with Gasteiger partial charge in [0, 0.05) is 31.2 Å². The summed E-state index contributed by atoms with van der Waals surface area (Å²) in [5.41, 5.74) is 2.73. The first kappa shape index (κ1) is 12.4. The molecule has 1 aromatic carbocycles. The van der Waals surface area contributed by atoms with Gasteiger partial charge in [-0.25, -0.2) is 0 Å². The molecule has 0 unspecified atom stereocenters. The van der Waals surface area contributed by atoms with Crippen molar-refractivity contribution < 1.29 is 4.79 Å². The largest absolute Gasteiger partial charge is 0.351 e. The number of nitrogens with zero attached hydrogens (tertiary/aromatic N) is 1. The predicted octanol–water partition coefficient (Wildman–Crippen LogP) is 1.01. The number of carbonyl (C=O) groups excluding carboxylic acids is 1. The molecular weight excluding hydrogens is 250 g/mol. The quantitative estimate of drug-likeness (QED) is 0.862. The van der Waals surface area contributed by atoms with Gasteiger partial charge in [0.2, 0.25) is 5.91 Å². The van der Waals surface area contributed by atoms with Gasteiger partial charge in [-0.2, -0.15) is 0 Å². The van der Waals surface area contributed by atoms with Crippen molar-refractivity contribution in [3.8, 4) is 0 Å². The number of carbonyl (C=O) groups is 1. The van der Waals surface area contributed by atoms with Crippen molar-refractivity contribution in [2.45, 2.75) is 50.5 Å². The van der Waals surface area contributed by atoms with E-state index in [1.807, 2.05) is 0 Å². The number of fused-ring (bicyclic) bond motifs is 3. The molecule has 1 aromatic rings. The fourth-order valence-corrected chi connectivity index (χ4v) is 3.95. The third kappa shape index (κ3) is 2.23. The van der Waals surface area contributed by atoms with E-state index in [9.17, 15) is 4.79 Å². The van der Waals surface area contributed by atoms with E-state index in [-0.39, 0.29) is 5.91 Å². The van der Waals surface area contributed by atoms with Gasteiger partial charge in [0.25, 0.3) is 0 Å². The maximum absolute atomic E-state index is 12.2. The zero-order chi connectivity index (χ0) is 13.5. The van der Waals surface area contributed by atoms with Crippen molar-refractivity contribution in [2.75, 3.05) is 6.54 Å². The van der Waals surface area contributed by atoms with Crippen LogP contribution in [0.4, 0.5) is 0 Å². The lowest BCUT2D eigenvalue weighted by atomic mass is 9.95. The summed E-state index contributed by atoms with van der Waals surface area (Å²) in [5, 5.41) is 6.78. The average molecular weight is 271 g/mol. The van der Waals surface area contributed by atoms with Crippen LogP contribution in [0.15, 0.2) is 24.3 Å². The standard InChI is InChI=1S/C16H21N3O/c20-16(18-15-7-13-5-6-14(15)17-13)10-19-8-11-3-1-2-4-12(11)9-19/h1-4,13-15,17H,5-10H2,(H,18,20)/t13-,14+,15+/m1/s1. The predicted molar refractivity (Wildman–Crippen MR) is 77.0 cm³/mol. The van der Waals surface area contributed by atoms with Crippen LogP contribution in [0.25, 0.3) is 0 Å². The Balaban J connectivity index is 1.31. The van der Waals surface area contributed by atoms with Crippen molar-refractivity contribution in [1.82, 2.24) is 15.5 Å². The van der Waals surface area contributed by atoms with Gasteiger partial charge in [-0.15, -0.1) is 0 Å². The van der Waals surface area contributed by atoms with E-state index < -0.39 is 0 Å². The molecule has 0 spiro atoms. The molecule has 0 radical (unpaired) electrons. The first-order valence-electron chi connectivity index (χ1n) is 7.62. The van der Waals surface area contributed by atoms with E-state index >= 15 is 0 Å². The SMILES string of the molecule is O=C(CN1Cc2ccccc2C1)N[C@H]1C[C@H]2CC[C@@H]1N2. The number of rotatable bonds is 3. The second-order valence-corrected chi connectivity index (χ2v) is 6.37. The summed E-state index contributed by atoms with van der Waals surface area (Å²) in [6.07, 6.45) is 3.60. The van der Waals surface area contributed by atoms with Crippen LogP contribution < -0.4 is 10.6 Å². The van der Waals surface area contributed by atoms with Crippen LogP contribution in [0.3, 0.4) is 0 Å². The highest BCUT2D eigenvalue weighted by atomic mass is 16.2. The van der Waals surface area contributed by atoms with Crippen LogP contribution in [0.1, 0.15) is 30.4 Å². The molecule has 0 aromatic heterocycles. The normalized spacial score (nSPS) is 31.5. The van der Waals surface area contributed by atoms with Gasteiger partial charge in [-0.1, -0.05) is 24.3 Å². The van der Waals surface area contributed by atoms with Gasteiger partial charge < -0.3 is 10.6 Å². The highest BCUT2D eigenvalue weighted by Gasteiger charge is 2.39. The molecule has 3 atom stereocenters. The lowest BCUT2D eigenvalue weighted by Gasteiger charge is -2.23. The van der Waals surface area contributed by atoms with Crippen LogP contribution >= 0.6 is 0 Å². The molecule has 2 N–H and O–H groups in total. The van der Waals surface area contributed by atoms with E-state index in [4.69, 9.17) is 0 Å². The summed E-state index contributed by atoms with van der Waals surface area (Å²) in [6.45, 7) is 2.32. The number of hydrogen-bond acceptors (Lipinski definition) is 3. The van der Waals surface area contributed by atoms with Gasteiger partial charge in [0.15, 0.2) is 0 Å². The molecule has 106 valence electrons.